The minimum Gasteiger partial charge on any atom is -0.480 e. The zero-order valence-electron chi connectivity index (χ0n) is 10.3. The largest absolute Gasteiger partial charge is 0.480 e. The molecule has 1 atom stereocenters. The number of hydrogen-bond acceptors (Lipinski definition) is 3. The van der Waals surface area contributed by atoms with E-state index in [0.29, 0.717) is 12.6 Å². The van der Waals surface area contributed by atoms with E-state index in [1.807, 2.05) is 17.7 Å². The van der Waals surface area contributed by atoms with Crippen molar-refractivity contribution in [2.75, 3.05) is 0 Å². The average Bonchev–Trinajstić information content (AvgIpc) is 2.95. The molecule has 1 aromatic rings. The third kappa shape index (κ3) is 2.66. The zero-order chi connectivity index (χ0) is 12.5. The molecule has 2 rings (SSSR count). The van der Waals surface area contributed by atoms with E-state index in [4.69, 9.17) is 0 Å². The molecule has 1 unspecified atom stereocenters. The van der Waals surface area contributed by atoms with Crippen LogP contribution >= 0.6 is 0 Å². The highest BCUT2D eigenvalue weighted by molar-refractivity contribution is 5.78. The van der Waals surface area contributed by atoms with Gasteiger partial charge in [0.2, 0.25) is 0 Å². The Hall–Kier alpha value is -1.36. The van der Waals surface area contributed by atoms with Crippen molar-refractivity contribution in [3.63, 3.8) is 0 Å². The first kappa shape index (κ1) is 12.1. The van der Waals surface area contributed by atoms with Crippen LogP contribution < -0.4 is 5.32 Å². The van der Waals surface area contributed by atoms with Crippen LogP contribution in [0.4, 0.5) is 0 Å². The van der Waals surface area contributed by atoms with Gasteiger partial charge in [-0.15, -0.1) is 0 Å². The molecule has 1 aromatic heterocycles. The SMILES string of the molecule is CCc1nccn1CC(C)(NC1CC1)C(=O)O. The van der Waals surface area contributed by atoms with Crippen LogP contribution in [-0.4, -0.2) is 32.2 Å². The van der Waals surface area contributed by atoms with Crippen LogP contribution in [-0.2, 0) is 17.8 Å². The van der Waals surface area contributed by atoms with Crippen LogP contribution in [0.5, 0.6) is 0 Å². The number of carboxylic acid groups (broad SMARTS) is 1. The molecule has 1 aliphatic carbocycles. The van der Waals surface area contributed by atoms with Crippen LogP contribution in [0.3, 0.4) is 0 Å². The van der Waals surface area contributed by atoms with Crippen molar-refractivity contribution in [2.45, 2.75) is 51.2 Å². The third-order valence-electron chi connectivity index (χ3n) is 3.18. The van der Waals surface area contributed by atoms with E-state index in [1.54, 1.807) is 13.1 Å². The summed E-state index contributed by atoms with van der Waals surface area (Å²) in [6.07, 6.45) is 6.53. The monoisotopic (exact) mass is 237 g/mol. The number of hydrogen-bond donors (Lipinski definition) is 2. The summed E-state index contributed by atoms with van der Waals surface area (Å²) >= 11 is 0. The van der Waals surface area contributed by atoms with Crippen molar-refractivity contribution in [1.29, 1.82) is 0 Å². The van der Waals surface area contributed by atoms with E-state index < -0.39 is 11.5 Å². The van der Waals surface area contributed by atoms with Crippen LogP contribution in [0, 0.1) is 0 Å². The summed E-state index contributed by atoms with van der Waals surface area (Å²) in [7, 11) is 0. The highest BCUT2D eigenvalue weighted by atomic mass is 16.4. The molecular weight excluding hydrogens is 218 g/mol. The molecule has 0 aromatic carbocycles. The van der Waals surface area contributed by atoms with Crippen LogP contribution in [0.15, 0.2) is 12.4 Å². The van der Waals surface area contributed by atoms with E-state index >= 15 is 0 Å². The Labute approximate surface area is 101 Å². The van der Waals surface area contributed by atoms with E-state index in [1.165, 1.54) is 0 Å². The normalized spacial score (nSPS) is 18.9. The van der Waals surface area contributed by atoms with Gasteiger partial charge in [0.15, 0.2) is 0 Å². The Bertz CT molecular complexity index is 412. The quantitative estimate of drug-likeness (QED) is 0.775. The molecule has 1 saturated carbocycles. The second-order valence-electron chi connectivity index (χ2n) is 4.88. The molecule has 0 saturated heterocycles. The van der Waals surface area contributed by atoms with E-state index in [0.717, 1.165) is 25.1 Å². The van der Waals surface area contributed by atoms with Gasteiger partial charge >= 0.3 is 5.97 Å². The molecule has 0 bridgehead atoms. The lowest BCUT2D eigenvalue weighted by atomic mass is 10.0. The zero-order valence-corrected chi connectivity index (χ0v) is 10.3. The molecule has 0 aliphatic heterocycles. The maximum atomic E-state index is 11.4. The van der Waals surface area contributed by atoms with Gasteiger partial charge in [-0.05, 0) is 19.8 Å². The molecule has 1 aliphatic rings. The van der Waals surface area contributed by atoms with E-state index in [2.05, 4.69) is 10.3 Å². The maximum absolute atomic E-state index is 11.4. The molecule has 17 heavy (non-hydrogen) atoms. The topological polar surface area (TPSA) is 67.2 Å². The minimum absolute atomic E-state index is 0.365. The van der Waals surface area contributed by atoms with Gasteiger partial charge < -0.3 is 9.67 Å². The second-order valence-corrected chi connectivity index (χ2v) is 4.88. The molecule has 5 heteroatoms. The molecule has 2 N–H and O–H groups in total. The predicted octanol–water partition coefficient (Wildman–Crippen LogP) is 1.04. The maximum Gasteiger partial charge on any atom is 0.325 e. The Kier molecular flexibility index (Phi) is 3.19. The summed E-state index contributed by atoms with van der Waals surface area (Å²) in [6.45, 7) is 4.18. The first-order chi connectivity index (χ1) is 8.05. The summed E-state index contributed by atoms with van der Waals surface area (Å²) in [6, 6.07) is 0.365. The van der Waals surface area contributed by atoms with Crippen molar-refractivity contribution in [3.8, 4) is 0 Å². The fraction of sp³-hybridized carbons (Fsp3) is 0.667. The summed E-state index contributed by atoms with van der Waals surface area (Å²) in [5.41, 5.74) is -0.911. The molecule has 0 amide bonds. The van der Waals surface area contributed by atoms with Crippen molar-refractivity contribution >= 4 is 5.97 Å². The van der Waals surface area contributed by atoms with Gasteiger partial charge in [-0.2, -0.15) is 0 Å². The summed E-state index contributed by atoms with van der Waals surface area (Å²) < 4.78 is 1.92. The smallest absolute Gasteiger partial charge is 0.325 e. The third-order valence-corrected chi connectivity index (χ3v) is 3.18. The molecule has 1 heterocycles. The van der Waals surface area contributed by atoms with Gasteiger partial charge in [0.1, 0.15) is 11.4 Å². The first-order valence-electron chi connectivity index (χ1n) is 6.06. The van der Waals surface area contributed by atoms with Gasteiger partial charge in [0, 0.05) is 24.9 Å². The second kappa shape index (κ2) is 4.49. The number of imidazole rings is 1. The van der Waals surface area contributed by atoms with Gasteiger partial charge in [0.25, 0.3) is 0 Å². The lowest BCUT2D eigenvalue weighted by Gasteiger charge is -2.27. The Morgan fingerprint density at radius 3 is 2.94 bits per heavy atom. The van der Waals surface area contributed by atoms with Crippen molar-refractivity contribution in [2.24, 2.45) is 0 Å². The minimum atomic E-state index is -0.911. The summed E-state index contributed by atoms with van der Waals surface area (Å²) in [5, 5.41) is 12.6. The van der Waals surface area contributed by atoms with Crippen LogP contribution in [0.25, 0.3) is 0 Å². The first-order valence-corrected chi connectivity index (χ1v) is 6.06. The molecule has 1 fully saturated rings. The fourth-order valence-corrected chi connectivity index (χ4v) is 1.99. The fourth-order valence-electron chi connectivity index (χ4n) is 1.99. The molecule has 0 spiro atoms. The van der Waals surface area contributed by atoms with Gasteiger partial charge in [0.05, 0.1) is 6.54 Å². The molecule has 0 radical (unpaired) electrons. The Morgan fingerprint density at radius 1 is 1.71 bits per heavy atom. The standard InChI is InChI=1S/C12H19N3O2/c1-3-10-13-6-7-15(10)8-12(2,11(16)17)14-9-4-5-9/h6-7,9,14H,3-5,8H2,1-2H3,(H,16,17). The average molecular weight is 237 g/mol. The lowest BCUT2D eigenvalue weighted by Crippen LogP contribution is -2.53. The van der Waals surface area contributed by atoms with Gasteiger partial charge in [-0.3, -0.25) is 10.1 Å². The van der Waals surface area contributed by atoms with Crippen LogP contribution in [0.1, 0.15) is 32.5 Å². The van der Waals surface area contributed by atoms with Crippen molar-refractivity contribution in [1.82, 2.24) is 14.9 Å². The summed E-state index contributed by atoms with van der Waals surface area (Å²) in [4.78, 5) is 15.6. The Balaban J connectivity index is 2.14. The Morgan fingerprint density at radius 2 is 2.41 bits per heavy atom. The van der Waals surface area contributed by atoms with Gasteiger partial charge in [-0.1, -0.05) is 6.92 Å². The number of nitrogens with zero attached hydrogens (tertiary/aromatic N) is 2. The lowest BCUT2D eigenvalue weighted by molar-refractivity contribution is -0.144. The van der Waals surface area contributed by atoms with Crippen molar-refractivity contribution in [3.05, 3.63) is 18.2 Å². The molecular formula is C12H19N3O2. The predicted molar refractivity (Wildman–Crippen MR) is 63.8 cm³/mol. The molecule has 5 nitrogen and oxygen atoms in total. The number of nitrogens with one attached hydrogen (secondary N) is 1. The van der Waals surface area contributed by atoms with Crippen molar-refractivity contribution < 1.29 is 9.90 Å². The summed E-state index contributed by atoms with van der Waals surface area (Å²) in [5.74, 6) is 0.121. The highest BCUT2D eigenvalue weighted by Gasteiger charge is 2.39. The number of aromatic nitrogens is 2. The van der Waals surface area contributed by atoms with Gasteiger partial charge in [-0.25, -0.2) is 4.98 Å². The number of carboxylic acids is 1. The number of rotatable bonds is 6. The molecule has 94 valence electrons. The highest BCUT2D eigenvalue weighted by Crippen LogP contribution is 2.23. The van der Waals surface area contributed by atoms with E-state index in [9.17, 15) is 9.90 Å². The van der Waals surface area contributed by atoms with E-state index in [-0.39, 0.29) is 0 Å². The number of carbonyl (C=O) groups is 1. The number of aryl methyl sites for hydroxylation is 1. The number of aliphatic carboxylic acids is 1. The van der Waals surface area contributed by atoms with Crippen LogP contribution in [0.2, 0.25) is 0 Å².